The van der Waals surface area contributed by atoms with Crippen molar-refractivity contribution in [1.29, 1.82) is 0 Å². The van der Waals surface area contributed by atoms with Gasteiger partial charge in [-0.15, -0.1) is 0 Å². The summed E-state index contributed by atoms with van der Waals surface area (Å²) < 4.78 is 5.51. The molecule has 0 aliphatic rings. The predicted octanol–water partition coefficient (Wildman–Crippen LogP) is 1.81. The number of hydrogen-bond acceptors (Lipinski definition) is 2. The first-order valence-corrected chi connectivity index (χ1v) is 4.72. The summed E-state index contributed by atoms with van der Waals surface area (Å²) in [7, 11) is 0. The van der Waals surface area contributed by atoms with E-state index in [4.69, 9.17) is 10.5 Å². The molecular weight excluding hydrogens is 176 g/mol. The van der Waals surface area contributed by atoms with Crippen LogP contribution in [0.25, 0.3) is 10.9 Å². The zero-order valence-corrected chi connectivity index (χ0v) is 8.21. The Bertz CT molecular complexity index is 434. The summed E-state index contributed by atoms with van der Waals surface area (Å²) in [5.41, 5.74) is 7.71. The smallest absolute Gasteiger partial charge is 0.144 e. The fourth-order valence-corrected chi connectivity index (χ4v) is 1.50. The molecule has 3 nitrogen and oxygen atoms in total. The van der Waals surface area contributed by atoms with E-state index in [1.807, 2.05) is 6.20 Å². The second-order valence-corrected chi connectivity index (χ2v) is 3.34. The molecule has 3 heteroatoms. The van der Waals surface area contributed by atoms with Gasteiger partial charge in [0, 0.05) is 23.6 Å². The molecule has 0 unspecified atom stereocenters. The average molecular weight is 190 g/mol. The Kier molecular flexibility index (Phi) is 2.41. The zero-order chi connectivity index (χ0) is 9.97. The summed E-state index contributed by atoms with van der Waals surface area (Å²) in [6.07, 6.45) is 1.87. The summed E-state index contributed by atoms with van der Waals surface area (Å²) in [6, 6.07) is 6.24. The number of aromatic nitrogens is 1. The van der Waals surface area contributed by atoms with Gasteiger partial charge in [-0.25, -0.2) is 0 Å². The maximum Gasteiger partial charge on any atom is 0.144 e. The second kappa shape index (κ2) is 3.72. The Labute approximate surface area is 82.9 Å². The highest BCUT2D eigenvalue weighted by molar-refractivity contribution is 5.86. The molecule has 0 amide bonds. The number of benzene rings is 1. The second-order valence-electron chi connectivity index (χ2n) is 3.34. The summed E-state index contributed by atoms with van der Waals surface area (Å²) >= 11 is 0. The van der Waals surface area contributed by atoms with E-state index in [2.05, 4.69) is 30.1 Å². The van der Waals surface area contributed by atoms with E-state index in [9.17, 15) is 0 Å². The van der Waals surface area contributed by atoms with E-state index in [1.165, 1.54) is 5.56 Å². The van der Waals surface area contributed by atoms with E-state index >= 15 is 0 Å². The minimum Gasteiger partial charge on any atom is -0.490 e. The number of H-pyrrole nitrogens is 1. The van der Waals surface area contributed by atoms with Gasteiger partial charge in [-0.3, -0.25) is 0 Å². The summed E-state index contributed by atoms with van der Waals surface area (Å²) in [5, 5.41) is 1.12. The monoisotopic (exact) mass is 190 g/mol. The molecule has 1 aromatic carbocycles. The quantitative estimate of drug-likeness (QED) is 0.775. The predicted molar refractivity (Wildman–Crippen MR) is 57.6 cm³/mol. The van der Waals surface area contributed by atoms with Crippen LogP contribution >= 0.6 is 0 Å². The van der Waals surface area contributed by atoms with Crippen LogP contribution < -0.4 is 10.5 Å². The molecule has 74 valence electrons. The number of nitrogens with two attached hydrogens (primary N) is 1. The van der Waals surface area contributed by atoms with Gasteiger partial charge in [-0.05, 0) is 19.1 Å². The first-order valence-electron chi connectivity index (χ1n) is 4.72. The van der Waals surface area contributed by atoms with Crippen molar-refractivity contribution in [1.82, 2.24) is 4.98 Å². The standard InChI is InChI=1S/C11H14N2O/c1-8-2-3-10-9(6-8)11(7-13-10)14-5-4-12/h2-3,6-7,13H,4-5,12H2,1H3. The van der Waals surface area contributed by atoms with Crippen LogP contribution in [0.1, 0.15) is 5.56 Å². The Balaban J connectivity index is 2.40. The summed E-state index contributed by atoms with van der Waals surface area (Å²) in [5.74, 6) is 0.883. The molecule has 3 N–H and O–H groups in total. The minimum absolute atomic E-state index is 0.540. The molecule has 0 spiro atoms. The molecule has 0 aliphatic carbocycles. The summed E-state index contributed by atoms with van der Waals surface area (Å²) in [6.45, 7) is 3.17. The molecule has 14 heavy (non-hydrogen) atoms. The lowest BCUT2D eigenvalue weighted by Gasteiger charge is -2.02. The van der Waals surface area contributed by atoms with Crippen LogP contribution in [-0.4, -0.2) is 18.1 Å². The lowest BCUT2D eigenvalue weighted by atomic mass is 10.2. The third kappa shape index (κ3) is 1.59. The Morgan fingerprint density at radius 2 is 2.29 bits per heavy atom. The molecule has 2 rings (SSSR count). The van der Waals surface area contributed by atoms with Gasteiger partial charge in [0.25, 0.3) is 0 Å². The van der Waals surface area contributed by atoms with Gasteiger partial charge in [-0.1, -0.05) is 11.6 Å². The number of aryl methyl sites for hydroxylation is 1. The SMILES string of the molecule is Cc1ccc2[nH]cc(OCCN)c2c1. The molecule has 0 saturated heterocycles. The van der Waals surface area contributed by atoms with Gasteiger partial charge in [0.2, 0.25) is 0 Å². The molecule has 0 aliphatic heterocycles. The van der Waals surface area contributed by atoms with Crippen molar-refractivity contribution in [2.24, 2.45) is 5.73 Å². The third-order valence-corrected chi connectivity index (χ3v) is 2.17. The molecule has 0 radical (unpaired) electrons. The van der Waals surface area contributed by atoms with E-state index < -0.39 is 0 Å². The van der Waals surface area contributed by atoms with Crippen LogP contribution in [0, 0.1) is 6.92 Å². The number of nitrogens with one attached hydrogen (secondary N) is 1. The molecular formula is C11H14N2O. The molecule has 2 aromatic rings. The first kappa shape index (κ1) is 9.09. The van der Waals surface area contributed by atoms with E-state index in [-0.39, 0.29) is 0 Å². The number of hydrogen-bond donors (Lipinski definition) is 2. The van der Waals surface area contributed by atoms with Crippen molar-refractivity contribution in [2.45, 2.75) is 6.92 Å². The van der Waals surface area contributed by atoms with Crippen LogP contribution in [0.4, 0.5) is 0 Å². The van der Waals surface area contributed by atoms with E-state index in [0.29, 0.717) is 13.2 Å². The minimum atomic E-state index is 0.540. The van der Waals surface area contributed by atoms with Crippen LogP contribution in [0.5, 0.6) is 5.75 Å². The fourth-order valence-electron chi connectivity index (χ4n) is 1.50. The zero-order valence-electron chi connectivity index (χ0n) is 8.21. The number of aromatic amines is 1. The molecule has 1 heterocycles. The van der Waals surface area contributed by atoms with Crippen molar-refractivity contribution in [3.05, 3.63) is 30.0 Å². The fraction of sp³-hybridized carbons (Fsp3) is 0.273. The molecule has 1 aromatic heterocycles. The lowest BCUT2D eigenvalue weighted by molar-refractivity contribution is 0.332. The molecule has 0 bridgehead atoms. The van der Waals surface area contributed by atoms with Gasteiger partial charge in [0.1, 0.15) is 12.4 Å². The number of ether oxygens (including phenoxy) is 1. The van der Waals surface area contributed by atoms with Crippen LogP contribution in [-0.2, 0) is 0 Å². The van der Waals surface area contributed by atoms with Gasteiger partial charge in [0.15, 0.2) is 0 Å². The largest absolute Gasteiger partial charge is 0.490 e. The normalized spacial score (nSPS) is 10.7. The van der Waals surface area contributed by atoms with Crippen molar-refractivity contribution >= 4 is 10.9 Å². The van der Waals surface area contributed by atoms with Gasteiger partial charge in [-0.2, -0.15) is 0 Å². The Morgan fingerprint density at radius 3 is 3.07 bits per heavy atom. The maximum atomic E-state index is 5.51. The lowest BCUT2D eigenvalue weighted by Crippen LogP contribution is -2.10. The Morgan fingerprint density at radius 1 is 1.43 bits per heavy atom. The Hall–Kier alpha value is -1.48. The van der Waals surface area contributed by atoms with Gasteiger partial charge >= 0.3 is 0 Å². The molecule has 0 fully saturated rings. The highest BCUT2D eigenvalue weighted by Gasteiger charge is 2.03. The topological polar surface area (TPSA) is 51.0 Å². The van der Waals surface area contributed by atoms with Crippen molar-refractivity contribution in [3.8, 4) is 5.75 Å². The number of fused-ring (bicyclic) bond motifs is 1. The molecule has 0 saturated carbocycles. The molecule has 0 atom stereocenters. The van der Waals surface area contributed by atoms with Crippen molar-refractivity contribution in [3.63, 3.8) is 0 Å². The van der Waals surface area contributed by atoms with Crippen molar-refractivity contribution in [2.75, 3.05) is 13.2 Å². The first-order chi connectivity index (χ1) is 6.81. The van der Waals surface area contributed by atoms with E-state index in [0.717, 1.165) is 16.7 Å². The highest BCUT2D eigenvalue weighted by atomic mass is 16.5. The van der Waals surface area contributed by atoms with Gasteiger partial charge < -0.3 is 15.5 Å². The third-order valence-electron chi connectivity index (χ3n) is 2.17. The number of rotatable bonds is 3. The maximum absolute atomic E-state index is 5.51. The van der Waals surface area contributed by atoms with Crippen LogP contribution in [0.2, 0.25) is 0 Å². The van der Waals surface area contributed by atoms with Crippen LogP contribution in [0.3, 0.4) is 0 Å². The van der Waals surface area contributed by atoms with Gasteiger partial charge in [0.05, 0.1) is 0 Å². The highest BCUT2D eigenvalue weighted by Crippen LogP contribution is 2.25. The average Bonchev–Trinajstić information content (AvgIpc) is 2.57. The van der Waals surface area contributed by atoms with Crippen molar-refractivity contribution < 1.29 is 4.74 Å². The summed E-state index contributed by atoms with van der Waals surface area (Å²) in [4.78, 5) is 3.16. The van der Waals surface area contributed by atoms with Crippen LogP contribution in [0.15, 0.2) is 24.4 Å². The van der Waals surface area contributed by atoms with E-state index in [1.54, 1.807) is 0 Å².